The zero-order chi connectivity index (χ0) is 19.4. The van der Waals surface area contributed by atoms with E-state index >= 15 is 0 Å². The van der Waals surface area contributed by atoms with Crippen molar-refractivity contribution >= 4 is 40.6 Å². The molecule has 144 valence electrons. The molecule has 7 heteroatoms. The van der Waals surface area contributed by atoms with Crippen molar-refractivity contribution in [1.82, 2.24) is 9.88 Å². The van der Waals surface area contributed by atoms with E-state index in [9.17, 15) is 4.79 Å². The first-order chi connectivity index (χ1) is 12.9. The highest BCUT2D eigenvalue weighted by Gasteiger charge is 2.23. The number of piperidine rings is 1. The summed E-state index contributed by atoms with van der Waals surface area (Å²) < 4.78 is 0. The SMILES string of the molecule is Cc1cc(Cl)cc(CN2CCCC(CC(=O)Nc3ccc(Cl)nc3N)C2)c1. The fraction of sp³-hybridized carbons (Fsp3) is 0.400. The lowest BCUT2D eigenvalue weighted by Gasteiger charge is -2.32. The Bertz CT molecular complexity index is 807. The molecule has 1 saturated heterocycles. The molecule has 0 spiro atoms. The van der Waals surface area contributed by atoms with Crippen LogP contribution in [-0.2, 0) is 11.3 Å². The van der Waals surface area contributed by atoms with Gasteiger partial charge < -0.3 is 11.1 Å². The Balaban J connectivity index is 1.55. The minimum atomic E-state index is -0.0451. The highest BCUT2D eigenvalue weighted by Crippen LogP contribution is 2.24. The molecular weight excluding hydrogens is 383 g/mol. The molecule has 1 unspecified atom stereocenters. The topological polar surface area (TPSA) is 71.2 Å². The fourth-order valence-corrected chi connectivity index (χ4v) is 4.11. The number of rotatable bonds is 5. The average Bonchev–Trinajstić information content (AvgIpc) is 2.57. The van der Waals surface area contributed by atoms with Crippen LogP contribution in [0.2, 0.25) is 10.2 Å². The lowest BCUT2D eigenvalue weighted by atomic mass is 9.94. The molecule has 1 atom stereocenters. The molecule has 0 bridgehead atoms. The fourth-order valence-electron chi connectivity index (χ4n) is 3.64. The molecule has 1 aromatic carbocycles. The van der Waals surface area contributed by atoms with Crippen LogP contribution in [0.3, 0.4) is 0 Å². The highest BCUT2D eigenvalue weighted by atomic mass is 35.5. The van der Waals surface area contributed by atoms with E-state index in [4.69, 9.17) is 28.9 Å². The van der Waals surface area contributed by atoms with Gasteiger partial charge in [0.1, 0.15) is 11.0 Å². The van der Waals surface area contributed by atoms with E-state index < -0.39 is 0 Å². The number of anilines is 2. The van der Waals surface area contributed by atoms with E-state index in [2.05, 4.69) is 28.2 Å². The average molecular weight is 407 g/mol. The van der Waals surface area contributed by atoms with Crippen LogP contribution in [0.15, 0.2) is 30.3 Å². The number of likely N-dealkylation sites (tertiary alicyclic amines) is 1. The third-order valence-corrected chi connectivity index (χ3v) is 5.18. The first-order valence-electron chi connectivity index (χ1n) is 9.09. The molecule has 5 nitrogen and oxygen atoms in total. The van der Waals surface area contributed by atoms with Gasteiger partial charge in [0.15, 0.2) is 0 Å². The summed E-state index contributed by atoms with van der Waals surface area (Å²) in [6.07, 6.45) is 2.60. The van der Waals surface area contributed by atoms with E-state index in [1.165, 1.54) is 11.1 Å². The predicted octanol–water partition coefficient (Wildman–Crippen LogP) is 4.52. The van der Waals surface area contributed by atoms with Gasteiger partial charge in [-0.3, -0.25) is 9.69 Å². The van der Waals surface area contributed by atoms with Crippen LogP contribution < -0.4 is 11.1 Å². The van der Waals surface area contributed by atoms with Gasteiger partial charge in [0.05, 0.1) is 5.69 Å². The number of pyridine rings is 1. The van der Waals surface area contributed by atoms with Crippen molar-refractivity contribution in [2.45, 2.75) is 32.7 Å². The second-order valence-corrected chi connectivity index (χ2v) is 8.02. The summed E-state index contributed by atoms with van der Waals surface area (Å²) in [5.74, 6) is 0.509. The number of carbonyl (C=O) groups is 1. The van der Waals surface area contributed by atoms with Crippen molar-refractivity contribution in [3.63, 3.8) is 0 Å². The monoisotopic (exact) mass is 406 g/mol. The van der Waals surface area contributed by atoms with E-state index in [1.54, 1.807) is 12.1 Å². The van der Waals surface area contributed by atoms with Crippen LogP contribution >= 0.6 is 23.2 Å². The smallest absolute Gasteiger partial charge is 0.224 e. The van der Waals surface area contributed by atoms with Crippen LogP contribution in [0.1, 0.15) is 30.4 Å². The van der Waals surface area contributed by atoms with Gasteiger partial charge in [0.25, 0.3) is 0 Å². The van der Waals surface area contributed by atoms with Gasteiger partial charge in [0.2, 0.25) is 5.91 Å². The van der Waals surface area contributed by atoms with Gasteiger partial charge in [-0.15, -0.1) is 0 Å². The summed E-state index contributed by atoms with van der Waals surface area (Å²) in [6, 6.07) is 9.44. The molecule has 3 rings (SSSR count). The van der Waals surface area contributed by atoms with Crippen molar-refractivity contribution in [3.05, 3.63) is 51.6 Å². The van der Waals surface area contributed by atoms with Crippen molar-refractivity contribution in [1.29, 1.82) is 0 Å². The highest BCUT2D eigenvalue weighted by molar-refractivity contribution is 6.30. The van der Waals surface area contributed by atoms with Crippen LogP contribution in [-0.4, -0.2) is 28.9 Å². The second kappa shape index (κ2) is 8.91. The molecule has 1 aromatic heterocycles. The maximum atomic E-state index is 12.4. The third kappa shape index (κ3) is 5.83. The molecule has 1 aliphatic heterocycles. The number of nitrogens with zero attached hydrogens (tertiary/aromatic N) is 2. The summed E-state index contributed by atoms with van der Waals surface area (Å²) in [5, 5.41) is 3.92. The summed E-state index contributed by atoms with van der Waals surface area (Å²) in [7, 11) is 0. The Hall–Kier alpha value is -1.82. The van der Waals surface area contributed by atoms with E-state index in [-0.39, 0.29) is 11.7 Å². The van der Waals surface area contributed by atoms with Gasteiger partial charge in [-0.1, -0.05) is 29.3 Å². The van der Waals surface area contributed by atoms with Crippen LogP contribution in [0.4, 0.5) is 11.5 Å². The van der Waals surface area contributed by atoms with Gasteiger partial charge >= 0.3 is 0 Å². The minimum absolute atomic E-state index is 0.0451. The largest absolute Gasteiger partial charge is 0.382 e. The van der Waals surface area contributed by atoms with Gasteiger partial charge in [-0.2, -0.15) is 0 Å². The summed E-state index contributed by atoms with van der Waals surface area (Å²) in [5.41, 5.74) is 8.69. The van der Waals surface area contributed by atoms with Crippen molar-refractivity contribution < 1.29 is 4.79 Å². The molecule has 1 fully saturated rings. The summed E-state index contributed by atoms with van der Waals surface area (Å²) in [4.78, 5) is 18.8. The minimum Gasteiger partial charge on any atom is -0.382 e. The van der Waals surface area contributed by atoms with E-state index in [0.717, 1.165) is 37.5 Å². The zero-order valence-electron chi connectivity index (χ0n) is 15.3. The number of nitrogen functional groups attached to an aromatic ring is 1. The Morgan fingerprint density at radius 2 is 2.15 bits per heavy atom. The number of halogens is 2. The molecule has 2 aromatic rings. The van der Waals surface area contributed by atoms with Gasteiger partial charge in [-0.25, -0.2) is 4.98 Å². The first kappa shape index (κ1) is 19.9. The maximum absolute atomic E-state index is 12.4. The lowest BCUT2D eigenvalue weighted by Crippen LogP contribution is -2.36. The Kier molecular flexibility index (Phi) is 6.58. The van der Waals surface area contributed by atoms with Crippen LogP contribution in [0.5, 0.6) is 0 Å². The molecule has 3 N–H and O–H groups in total. The molecule has 0 radical (unpaired) electrons. The number of aryl methyl sites for hydroxylation is 1. The summed E-state index contributed by atoms with van der Waals surface area (Å²) >= 11 is 12.0. The van der Waals surface area contributed by atoms with E-state index in [1.807, 2.05) is 12.1 Å². The Labute approximate surface area is 169 Å². The molecular formula is C20H24Cl2N4O. The van der Waals surface area contributed by atoms with E-state index in [0.29, 0.717) is 23.2 Å². The number of hydrogen-bond donors (Lipinski definition) is 2. The number of aromatic nitrogens is 1. The summed E-state index contributed by atoms with van der Waals surface area (Å²) in [6.45, 7) is 4.84. The Morgan fingerprint density at radius 3 is 2.89 bits per heavy atom. The number of amides is 1. The van der Waals surface area contributed by atoms with Crippen LogP contribution in [0, 0.1) is 12.8 Å². The van der Waals surface area contributed by atoms with Gasteiger partial charge in [-0.05, 0) is 67.6 Å². The maximum Gasteiger partial charge on any atom is 0.224 e. The molecule has 2 heterocycles. The number of benzene rings is 1. The molecule has 27 heavy (non-hydrogen) atoms. The number of nitrogens with two attached hydrogens (primary N) is 1. The molecule has 1 amide bonds. The van der Waals surface area contributed by atoms with Crippen molar-refractivity contribution in [2.24, 2.45) is 5.92 Å². The van der Waals surface area contributed by atoms with Crippen LogP contribution in [0.25, 0.3) is 0 Å². The second-order valence-electron chi connectivity index (χ2n) is 7.20. The quantitative estimate of drug-likeness (QED) is 0.715. The van der Waals surface area contributed by atoms with Crippen molar-refractivity contribution in [2.75, 3.05) is 24.1 Å². The third-order valence-electron chi connectivity index (χ3n) is 4.75. The standard InChI is InChI=1S/C20H24Cl2N4O/c1-13-7-15(9-16(21)8-13)12-26-6-2-3-14(11-26)10-19(27)24-17-4-5-18(22)25-20(17)23/h4-5,7-9,14H,2-3,6,10-12H2,1H3,(H2,23,25)(H,24,27). The number of hydrogen-bond acceptors (Lipinski definition) is 4. The normalized spacial score (nSPS) is 17.7. The molecule has 1 aliphatic rings. The van der Waals surface area contributed by atoms with Crippen molar-refractivity contribution in [3.8, 4) is 0 Å². The molecule has 0 aliphatic carbocycles. The van der Waals surface area contributed by atoms with Gasteiger partial charge in [0, 0.05) is 24.5 Å². The zero-order valence-corrected chi connectivity index (χ0v) is 16.9. The number of nitrogens with one attached hydrogen (secondary N) is 1. The first-order valence-corrected chi connectivity index (χ1v) is 9.85. The number of carbonyl (C=O) groups excluding carboxylic acids is 1. The lowest BCUT2D eigenvalue weighted by molar-refractivity contribution is -0.117. The molecule has 0 saturated carbocycles. The predicted molar refractivity (Wildman–Crippen MR) is 111 cm³/mol. The Morgan fingerprint density at radius 1 is 1.33 bits per heavy atom.